The summed E-state index contributed by atoms with van der Waals surface area (Å²) in [6, 6.07) is 41.1. The molecule has 0 radical (unpaired) electrons. The molecule has 0 aliphatic heterocycles. The molecule has 0 N–H and O–H groups in total. The predicted molar refractivity (Wildman–Crippen MR) is 128 cm³/mol. The highest BCUT2D eigenvalue weighted by atomic mass is 15.2. The summed E-state index contributed by atoms with van der Waals surface area (Å²) in [7, 11) is 0. The van der Waals surface area contributed by atoms with Crippen molar-refractivity contribution in [2.24, 2.45) is 0 Å². The zero-order valence-electron chi connectivity index (χ0n) is 17.0. The van der Waals surface area contributed by atoms with Gasteiger partial charge in [0.2, 0.25) is 0 Å². The van der Waals surface area contributed by atoms with Crippen molar-refractivity contribution < 1.29 is 0 Å². The highest BCUT2D eigenvalue weighted by Crippen LogP contribution is 2.34. The van der Waals surface area contributed by atoms with Crippen molar-refractivity contribution in [3.05, 3.63) is 128 Å². The summed E-state index contributed by atoms with van der Waals surface area (Å²) in [6.07, 6.45) is 1.82. The second-order valence-electron chi connectivity index (χ2n) is 7.18. The minimum Gasteiger partial charge on any atom is -0.295 e. The second-order valence-corrected chi connectivity index (χ2v) is 7.18. The molecule has 3 aromatic carbocycles. The smallest absolute Gasteiger partial charge is 0.138 e. The Kier molecular flexibility index (Phi) is 5.23. The molecule has 2 heterocycles. The van der Waals surface area contributed by atoms with Gasteiger partial charge in [-0.1, -0.05) is 66.7 Å². The van der Waals surface area contributed by atoms with E-state index in [1.165, 1.54) is 0 Å². The van der Waals surface area contributed by atoms with Gasteiger partial charge in [-0.2, -0.15) is 0 Å². The number of aromatic nitrogens is 2. The Morgan fingerprint density at radius 1 is 0.484 bits per heavy atom. The molecule has 2 aromatic heterocycles. The fourth-order valence-electron chi connectivity index (χ4n) is 3.65. The van der Waals surface area contributed by atoms with E-state index in [4.69, 9.17) is 4.98 Å². The highest BCUT2D eigenvalue weighted by Gasteiger charge is 2.14. The van der Waals surface area contributed by atoms with E-state index >= 15 is 0 Å². The van der Waals surface area contributed by atoms with Gasteiger partial charge in [-0.3, -0.25) is 9.88 Å². The Morgan fingerprint density at radius 3 is 1.71 bits per heavy atom. The standard InChI is InChI=1S/C28H21N3/c1-3-13-24(14-4-1)31(25-15-5-2-6-16-25)28-19-10-18-27(30-28)23-12-9-11-22(21-23)26-17-7-8-20-29-26/h1-21H. The normalized spacial score (nSPS) is 10.6. The molecule has 0 atom stereocenters. The van der Waals surface area contributed by atoms with Crippen LogP contribution < -0.4 is 4.90 Å². The Hall–Kier alpha value is -4.24. The van der Waals surface area contributed by atoms with Crippen molar-refractivity contribution in [3.8, 4) is 22.5 Å². The van der Waals surface area contributed by atoms with E-state index < -0.39 is 0 Å². The molecular weight excluding hydrogens is 378 g/mol. The van der Waals surface area contributed by atoms with Crippen molar-refractivity contribution in [1.82, 2.24) is 9.97 Å². The first-order valence-electron chi connectivity index (χ1n) is 10.3. The van der Waals surface area contributed by atoms with Crippen LogP contribution in [0.25, 0.3) is 22.5 Å². The molecule has 0 saturated carbocycles. The lowest BCUT2D eigenvalue weighted by atomic mass is 10.0. The van der Waals surface area contributed by atoms with Crippen LogP contribution in [0.15, 0.2) is 128 Å². The maximum atomic E-state index is 5.04. The molecule has 0 saturated heterocycles. The van der Waals surface area contributed by atoms with Crippen LogP contribution in [-0.4, -0.2) is 9.97 Å². The molecule has 148 valence electrons. The number of benzene rings is 3. The van der Waals surface area contributed by atoms with E-state index in [2.05, 4.69) is 70.5 Å². The number of para-hydroxylation sites is 2. The first-order chi connectivity index (χ1) is 15.4. The Labute approximate surface area is 182 Å². The SMILES string of the molecule is c1ccc(N(c2ccccc2)c2cccc(-c3cccc(-c4ccccn4)c3)n2)cc1. The molecule has 3 heteroatoms. The zero-order valence-corrected chi connectivity index (χ0v) is 17.0. The zero-order chi connectivity index (χ0) is 20.9. The molecule has 3 nitrogen and oxygen atoms in total. The molecule has 5 rings (SSSR count). The van der Waals surface area contributed by atoms with Crippen molar-refractivity contribution in [2.75, 3.05) is 4.90 Å². The molecular formula is C28H21N3. The topological polar surface area (TPSA) is 29.0 Å². The van der Waals surface area contributed by atoms with Crippen LogP contribution >= 0.6 is 0 Å². The van der Waals surface area contributed by atoms with Crippen LogP contribution in [0, 0.1) is 0 Å². The largest absolute Gasteiger partial charge is 0.295 e. The summed E-state index contributed by atoms with van der Waals surface area (Å²) in [4.78, 5) is 11.7. The summed E-state index contributed by atoms with van der Waals surface area (Å²) in [5, 5.41) is 0. The molecule has 5 aromatic rings. The molecule has 0 fully saturated rings. The maximum Gasteiger partial charge on any atom is 0.138 e. The Morgan fingerprint density at radius 2 is 1.06 bits per heavy atom. The van der Waals surface area contributed by atoms with Crippen molar-refractivity contribution in [2.45, 2.75) is 0 Å². The molecule has 0 bridgehead atoms. The van der Waals surface area contributed by atoms with Gasteiger partial charge in [0.25, 0.3) is 0 Å². The lowest BCUT2D eigenvalue weighted by Crippen LogP contribution is -2.11. The molecule has 0 aliphatic carbocycles. The minimum atomic E-state index is 0.873. The number of pyridine rings is 2. The van der Waals surface area contributed by atoms with Crippen LogP contribution in [0.5, 0.6) is 0 Å². The second kappa shape index (κ2) is 8.64. The summed E-state index contributed by atoms with van der Waals surface area (Å²) in [5.41, 5.74) is 6.16. The molecule has 0 unspecified atom stereocenters. The Bertz CT molecular complexity index is 1230. The van der Waals surface area contributed by atoms with Crippen LogP contribution in [0.4, 0.5) is 17.2 Å². The van der Waals surface area contributed by atoms with Crippen molar-refractivity contribution in [3.63, 3.8) is 0 Å². The number of hydrogen-bond acceptors (Lipinski definition) is 3. The van der Waals surface area contributed by atoms with E-state index in [9.17, 15) is 0 Å². The number of nitrogens with zero attached hydrogens (tertiary/aromatic N) is 3. The number of rotatable bonds is 5. The molecule has 0 spiro atoms. The quantitative estimate of drug-likeness (QED) is 0.311. The lowest BCUT2D eigenvalue weighted by Gasteiger charge is -2.24. The summed E-state index contributed by atoms with van der Waals surface area (Å²) in [5.74, 6) is 0.873. The molecule has 0 aliphatic rings. The first-order valence-corrected chi connectivity index (χ1v) is 10.3. The van der Waals surface area contributed by atoms with Crippen LogP contribution in [0.3, 0.4) is 0 Å². The summed E-state index contributed by atoms with van der Waals surface area (Å²) >= 11 is 0. The first kappa shape index (κ1) is 18.8. The third-order valence-electron chi connectivity index (χ3n) is 5.11. The highest BCUT2D eigenvalue weighted by molar-refractivity contribution is 5.76. The van der Waals surface area contributed by atoms with Gasteiger partial charge in [0, 0.05) is 28.7 Å². The Balaban J connectivity index is 1.58. The van der Waals surface area contributed by atoms with Gasteiger partial charge in [-0.15, -0.1) is 0 Å². The summed E-state index contributed by atoms with van der Waals surface area (Å²) in [6.45, 7) is 0. The number of anilines is 3. The maximum absolute atomic E-state index is 5.04. The van der Waals surface area contributed by atoms with E-state index in [1.807, 2.05) is 66.9 Å². The van der Waals surface area contributed by atoms with Gasteiger partial charge < -0.3 is 0 Å². The average molecular weight is 399 g/mol. The monoisotopic (exact) mass is 399 g/mol. The van der Waals surface area contributed by atoms with E-state index in [-0.39, 0.29) is 0 Å². The van der Waals surface area contributed by atoms with Gasteiger partial charge >= 0.3 is 0 Å². The third-order valence-corrected chi connectivity index (χ3v) is 5.11. The van der Waals surface area contributed by atoms with Gasteiger partial charge in [0.1, 0.15) is 5.82 Å². The number of hydrogen-bond donors (Lipinski definition) is 0. The van der Waals surface area contributed by atoms with Crippen molar-refractivity contribution >= 4 is 17.2 Å². The van der Waals surface area contributed by atoms with E-state index in [0.29, 0.717) is 0 Å². The van der Waals surface area contributed by atoms with E-state index in [0.717, 1.165) is 39.7 Å². The van der Waals surface area contributed by atoms with Gasteiger partial charge in [-0.05, 0) is 54.6 Å². The predicted octanol–water partition coefficient (Wildman–Crippen LogP) is 7.28. The fraction of sp³-hybridized carbons (Fsp3) is 0. The third kappa shape index (κ3) is 4.07. The fourth-order valence-corrected chi connectivity index (χ4v) is 3.65. The molecule has 0 amide bonds. The van der Waals surface area contributed by atoms with Crippen LogP contribution in [0.1, 0.15) is 0 Å². The van der Waals surface area contributed by atoms with Gasteiger partial charge in [0.05, 0.1) is 11.4 Å². The van der Waals surface area contributed by atoms with Crippen LogP contribution in [-0.2, 0) is 0 Å². The van der Waals surface area contributed by atoms with Crippen molar-refractivity contribution in [1.29, 1.82) is 0 Å². The molecule has 31 heavy (non-hydrogen) atoms. The summed E-state index contributed by atoms with van der Waals surface area (Å²) < 4.78 is 0. The minimum absolute atomic E-state index is 0.873. The van der Waals surface area contributed by atoms with Gasteiger partial charge in [0.15, 0.2) is 0 Å². The lowest BCUT2D eigenvalue weighted by molar-refractivity contribution is 1.18. The van der Waals surface area contributed by atoms with E-state index in [1.54, 1.807) is 0 Å². The average Bonchev–Trinajstić information content (AvgIpc) is 2.86. The van der Waals surface area contributed by atoms with Crippen LogP contribution in [0.2, 0.25) is 0 Å². The van der Waals surface area contributed by atoms with Gasteiger partial charge in [-0.25, -0.2) is 4.98 Å².